The van der Waals surface area contributed by atoms with Crippen LogP contribution in [0.2, 0.25) is 0 Å². The molecule has 0 spiro atoms. The molecule has 2 heterocycles. The van der Waals surface area contributed by atoms with E-state index in [9.17, 15) is 15.0 Å². The summed E-state index contributed by atoms with van der Waals surface area (Å²) in [6, 6.07) is 10.7. The molecule has 2 aromatic heterocycles. The molecule has 0 bridgehead atoms. The highest BCUT2D eigenvalue weighted by Crippen LogP contribution is 2.28. The van der Waals surface area contributed by atoms with Crippen LogP contribution in [0.4, 0.5) is 0 Å². The van der Waals surface area contributed by atoms with Crippen molar-refractivity contribution in [3.8, 4) is 17.2 Å². The van der Waals surface area contributed by atoms with Gasteiger partial charge in [-0.15, -0.1) is 11.3 Å². The summed E-state index contributed by atoms with van der Waals surface area (Å²) >= 11 is 1.34. The minimum absolute atomic E-state index is 0.0391. The largest absolute Gasteiger partial charge is 0.506 e. The smallest absolute Gasteiger partial charge is 0.255 e. The maximum Gasteiger partial charge on any atom is 0.255 e. The molecule has 0 saturated carbocycles. The van der Waals surface area contributed by atoms with Gasteiger partial charge in [0.25, 0.3) is 5.91 Å². The van der Waals surface area contributed by atoms with Crippen LogP contribution in [0, 0.1) is 6.92 Å². The fourth-order valence-electron chi connectivity index (χ4n) is 2.58. The van der Waals surface area contributed by atoms with E-state index >= 15 is 0 Å². The SMILES string of the molecule is Cc1scc(C(=O)NCCc2cccc(Oc3ccnc(C(N)O)c3)c2)c1O. The van der Waals surface area contributed by atoms with Gasteiger partial charge in [0.1, 0.15) is 23.5 Å². The van der Waals surface area contributed by atoms with Gasteiger partial charge >= 0.3 is 0 Å². The number of nitrogens with one attached hydrogen (secondary N) is 1. The lowest BCUT2D eigenvalue weighted by Crippen LogP contribution is -2.25. The Morgan fingerprint density at radius 3 is 2.82 bits per heavy atom. The number of aliphatic hydroxyl groups excluding tert-OH is 1. The van der Waals surface area contributed by atoms with Crippen LogP contribution in [0.5, 0.6) is 17.2 Å². The summed E-state index contributed by atoms with van der Waals surface area (Å²) < 4.78 is 5.80. The molecule has 1 aromatic carbocycles. The molecule has 0 aliphatic rings. The summed E-state index contributed by atoms with van der Waals surface area (Å²) in [5, 5.41) is 23.7. The molecule has 1 amide bonds. The number of amides is 1. The van der Waals surface area contributed by atoms with E-state index in [0.717, 1.165) is 10.4 Å². The molecule has 0 aliphatic heterocycles. The molecule has 3 rings (SSSR count). The molecule has 0 fully saturated rings. The van der Waals surface area contributed by atoms with E-state index in [4.69, 9.17) is 10.5 Å². The molecule has 28 heavy (non-hydrogen) atoms. The molecule has 0 radical (unpaired) electrons. The van der Waals surface area contributed by atoms with Crippen molar-refractivity contribution >= 4 is 17.2 Å². The Balaban J connectivity index is 1.58. The molecule has 8 heteroatoms. The van der Waals surface area contributed by atoms with Gasteiger partial charge in [-0.1, -0.05) is 12.1 Å². The molecule has 5 N–H and O–H groups in total. The first-order valence-corrected chi connectivity index (χ1v) is 9.53. The first-order chi connectivity index (χ1) is 13.4. The molecule has 3 aromatic rings. The van der Waals surface area contributed by atoms with Crippen molar-refractivity contribution in [2.45, 2.75) is 19.6 Å². The third-order valence-corrected chi connectivity index (χ3v) is 4.98. The van der Waals surface area contributed by atoms with E-state index in [-0.39, 0.29) is 11.7 Å². The zero-order valence-electron chi connectivity index (χ0n) is 15.3. The minimum Gasteiger partial charge on any atom is -0.506 e. The lowest BCUT2D eigenvalue weighted by molar-refractivity contribution is 0.0952. The molecule has 1 atom stereocenters. The highest BCUT2D eigenvalue weighted by Gasteiger charge is 2.14. The number of carbonyl (C=O) groups is 1. The van der Waals surface area contributed by atoms with Crippen LogP contribution in [-0.4, -0.2) is 27.6 Å². The van der Waals surface area contributed by atoms with Gasteiger partial charge < -0.3 is 26.0 Å². The van der Waals surface area contributed by atoms with Gasteiger partial charge in [0, 0.05) is 29.1 Å². The van der Waals surface area contributed by atoms with E-state index < -0.39 is 6.23 Å². The van der Waals surface area contributed by atoms with Crippen LogP contribution in [0.25, 0.3) is 0 Å². The quantitative estimate of drug-likeness (QED) is 0.454. The Bertz CT molecular complexity index is 972. The van der Waals surface area contributed by atoms with Crippen LogP contribution < -0.4 is 15.8 Å². The third kappa shape index (κ3) is 4.86. The second-order valence-corrected chi connectivity index (χ2v) is 7.25. The number of aromatic hydroxyl groups is 1. The van der Waals surface area contributed by atoms with Gasteiger partial charge in [-0.3, -0.25) is 9.78 Å². The van der Waals surface area contributed by atoms with Gasteiger partial charge in [0.05, 0.1) is 11.3 Å². The number of thiophene rings is 1. The maximum absolute atomic E-state index is 12.1. The standard InChI is InChI=1S/C20H21N3O4S/c1-12-18(24)16(11-28-12)20(26)23-7-5-13-3-2-4-14(9-13)27-15-6-8-22-17(10-15)19(21)25/h2-4,6,8-11,19,24-25H,5,7,21H2,1H3,(H,23,26). The van der Waals surface area contributed by atoms with E-state index in [1.807, 2.05) is 24.3 Å². The van der Waals surface area contributed by atoms with Crippen LogP contribution >= 0.6 is 11.3 Å². The summed E-state index contributed by atoms with van der Waals surface area (Å²) in [5.41, 5.74) is 7.03. The molecule has 7 nitrogen and oxygen atoms in total. The third-order valence-electron chi connectivity index (χ3n) is 4.08. The number of carbonyl (C=O) groups excluding carboxylic acids is 1. The number of aryl methyl sites for hydroxylation is 1. The number of hydrogen-bond acceptors (Lipinski definition) is 7. The van der Waals surface area contributed by atoms with Crippen molar-refractivity contribution < 1.29 is 19.7 Å². The number of hydrogen-bond donors (Lipinski definition) is 4. The number of rotatable bonds is 7. The van der Waals surface area contributed by atoms with Crippen molar-refractivity contribution in [1.29, 1.82) is 0 Å². The van der Waals surface area contributed by atoms with E-state index in [1.54, 1.807) is 24.4 Å². The second-order valence-electron chi connectivity index (χ2n) is 6.17. The summed E-state index contributed by atoms with van der Waals surface area (Å²) in [6.45, 7) is 2.19. The maximum atomic E-state index is 12.1. The second kappa shape index (κ2) is 8.83. The van der Waals surface area contributed by atoms with Crippen molar-refractivity contribution in [2.24, 2.45) is 5.73 Å². The predicted molar refractivity (Wildman–Crippen MR) is 107 cm³/mol. The predicted octanol–water partition coefficient (Wildman–Crippen LogP) is 2.87. The zero-order valence-corrected chi connectivity index (χ0v) is 16.1. The van der Waals surface area contributed by atoms with Crippen LogP contribution in [0.15, 0.2) is 48.0 Å². The highest BCUT2D eigenvalue weighted by molar-refractivity contribution is 7.10. The Labute approximate surface area is 166 Å². The van der Waals surface area contributed by atoms with Crippen LogP contribution in [-0.2, 0) is 6.42 Å². The Morgan fingerprint density at radius 1 is 1.32 bits per heavy atom. The van der Waals surface area contributed by atoms with E-state index in [1.165, 1.54) is 17.5 Å². The molecule has 0 aliphatic carbocycles. The van der Waals surface area contributed by atoms with Gasteiger partial charge in [0.15, 0.2) is 0 Å². The fourth-order valence-corrected chi connectivity index (χ4v) is 3.31. The van der Waals surface area contributed by atoms with Crippen molar-refractivity contribution in [3.05, 3.63) is 69.7 Å². The van der Waals surface area contributed by atoms with Crippen LogP contribution in [0.3, 0.4) is 0 Å². The normalized spacial score (nSPS) is 11.8. The minimum atomic E-state index is -1.16. The monoisotopic (exact) mass is 399 g/mol. The lowest BCUT2D eigenvalue weighted by atomic mass is 10.1. The van der Waals surface area contributed by atoms with Crippen molar-refractivity contribution in [1.82, 2.24) is 10.3 Å². The highest BCUT2D eigenvalue weighted by atomic mass is 32.1. The van der Waals surface area contributed by atoms with Crippen molar-refractivity contribution in [2.75, 3.05) is 6.54 Å². The van der Waals surface area contributed by atoms with E-state index in [2.05, 4.69) is 10.3 Å². The first-order valence-electron chi connectivity index (χ1n) is 8.65. The zero-order chi connectivity index (χ0) is 20.1. The molecule has 146 valence electrons. The summed E-state index contributed by atoms with van der Waals surface area (Å²) in [5.74, 6) is 0.887. The number of pyridine rings is 1. The molecule has 1 unspecified atom stereocenters. The molecular formula is C20H21N3O4S. The summed E-state index contributed by atoms with van der Waals surface area (Å²) in [6.07, 6.45) is 0.961. The number of nitrogens with zero attached hydrogens (tertiary/aromatic N) is 1. The Morgan fingerprint density at radius 2 is 2.11 bits per heavy atom. The van der Waals surface area contributed by atoms with Gasteiger partial charge in [-0.2, -0.15) is 0 Å². The number of ether oxygens (including phenoxy) is 1. The fraction of sp³-hybridized carbons (Fsp3) is 0.200. The lowest BCUT2D eigenvalue weighted by Gasteiger charge is -2.10. The number of aromatic nitrogens is 1. The Kier molecular flexibility index (Phi) is 6.25. The molecular weight excluding hydrogens is 378 g/mol. The molecule has 0 saturated heterocycles. The Hall–Kier alpha value is -2.94. The number of nitrogens with two attached hydrogens (primary N) is 1. The summed E-state index contributed by atoms with van der Waals surface area (Å²) in [7, 11) is 0. The average molecular weight is 399 g/mol. The van der Waals surface area contributed by atoms with E-state index in [0.29, 0.717) is 35.7 Å². The number of aliphatic hydroxyl groups is 1. The average Bonchev–Trinajstić information content (AvgIpc) is 3.01. The number of benzene rings is 1. The first kappa shape index (κ1) is 19.8. The van der Waals surface area contributed by atoms with Crippen LogP contribution in [0.1, 0.15) is 32.7 Å². The van der Waals surface area contributed by atoms with Gasteiger partial charge in [-0.05, 0) is 37.1 Å². The van der Waals surface area contributed by atoms with Gasteiger partial charge in [-0.25, -0.2) is 0 Å². The summed E-state index contributed by atoms with van der Waals surface area (Å²) in [4.78, 5) is 16.8. The van der Waals surface area contributed by atoms with Crippen molar-refractivity contribution in [3.63, 3.8) is 0 Å². The topological polar surface area (TPSA) is 118 Å². The van der Waals surface area contributed by atoms with Gasteiger partial charge in [0.2, 0.25) is 0 Å².